The van der Waals surface area contributed by atoms with Gasteiger partial charge in [-0.15, -0.1) is 0 Å². The van der Waals surface area contributed by atoms with Crippen molar-refractivity contribution in [2.75, 3.05) is 5.32 Å². The van der Waals surface area contributed by atoms with Crippen LogP contribution in [0.15, 0.2) is 71.5 Å². The maximum atomic E-state index is 13.7. The minimum Gasteiger partial charge on any atom is -0.319 e. The molecule has 0 saturated carbocycles. The van der Waals surface area contributed by atoms with Gasteiger partial charge in [-0.25, -0.2) is 13.8 Å². The van der Waals surface area contributed by atoms with Gasteiger partial charge in [-0.1, -0.05) is 12.1 Å². The number of para-hydroxylation sites is 1. The lowest BCUT2D eigenvalue weighted by Gasteiger charge is -2.12. The van der Waals surface area contributed by atoms with E-state index in [0.29, 0.717) is 22.4 Å². The number of nitrogens with one attached hydrogen (secondary N) is 1. The van der Waals surface area contributed by atoms with Crippen LogP contribution in [-0.4, -0.2) is 15.5 Å². The van der Waals surface area contributed by atoms with Crippen molar-refractivity contribution in [2.45, 2.75) is 6.92 Å². The molecule has 1 N–H and O–H groups in total. The second kappa shape index (κ2) is 7.27. The second-order valence-electron chi connectivity index (χ2n) is 6.44. The third-order valence-corrected chi connectivity index (χ3v) is 4.51. The molecule has 1 heterocycles. The number of hydrogen-bond acceptors (Lipinski definition) is 3. The molecule has 0 aliphatic rings. The normalized spacial score (nSPS) is 10.9. The number of hydrogen-bond donors (Lipinski definition) is 1. The topological polar surface area (TPSA) is 64.0 Å². The highest BCUT2D eigenvalue weighted by atomic mass is 19.1. The van der Waals surface area contributed by atoms with E-state index in [1.807, 2.05) is 6.07 Å². The number of benzene rings is 3. The van der Waals surface area contributed by atoms with Crippen molar-refractivity contribution in [3.05, 3.63) is 100 Å². The molecule has 0 aliphatic heterocycles. The number of aryl methyl sites for hydroxylation is 1. The quantitative estimate of drug-likeness (QED) is 0.569. The smallest absolute Gasteiger partial charge is 0.265 e. The Bertz CT molecular complexity index is 1300. The Labute approximate surface area is 164 Å². The number of fused-ring (bicyclic) bond motifs is 1. The van der Waals surface area contributed by atoms with Gasteiger partial charge in [0.2, 0.25) is 0 Å². The zero-order valence-corrected chi connectivity index (χ0v) is 15.3. The molecule has 1 aromatic heterocycles. The Hall–Kier alpha value is -3.87. The number of aromatic nitrogens is 2. The standard InChI is InChI=1S/C22H15F2N3O2/c1-13-25-19-5-3-2-4-17(19)22(29)27(13)16-9-6-14(7-10-16)21(28)26-20-12-15(23)8-11-18(20)24/h2-12H,1H3,(H,26,28). The van der Waals surface area contributed by atoms with Gasteiger partial charge in [0.1, 0.15) is 17.5 Å². The van der Waals surface area contributed by atoms with Crippen molar-refractivity contribution >= 4 is 22.5 Å². The molecule has 0 unspecified atom stereocenters. The third-order valence-electron chi connectivity index (χ3n) is 4.51. The number of halogens is 2. The van der Waals surface area contributed by atoms with Crippen molar-refractivity contribution in [1.82, 2.24) is 9.55 Å². The Morgan fingerprint density at radius 3 is 2.48 bits per heavy atom. The number of amides is 1. The van der Waals surface area contributed by atoms with Crippen LogP contribution in [0.25, 0.3) is 16.6 Å². The molecule has 0 saturated heterocycles. The lowest BCUT2D eigenvalue weighted by Crippen LogP contribution is -2.22. The summed E-state index contributed by atoms with van der Waals surface area (Å²) < 4.78 is 28.4. The summed E-state index contributed by atoms with van der Waals surface area (Å²) >= 11 is 0. The molecule has 0 fully saturated rings. The van der Waals surface area contributed by atoms with Gasteiger partial charge in [0.25, 0.3) is 11.5 Å². The fourth-order valence-electron chi connectivity index (χ4n) is 3.10. The second-order valence-corrected chi connectivity index (χ2v) is 6.44. The van der Waals surface area contributed by atoms with Crippen molar-refractivity contribution in [2.24, 2.45) is 0 Å². The van der Waals surface area contributed by atoms with Gasteiger partial charge in [-0.3, -0.25) is 14.2 Å². The van der Waals surface area contributed by atoms with E-state index in [0.717, 1.165) is 18.2 Å². The summed E-state index contributed by atoms with van der Waals surface area (Å²) in [5, 5.41) is 2.83. The summed E-state index contributed by atoms with van der Waals surface area (Å²) in [7, 11) is 0. The number of nitrogens with zero attached hydrogens (tertiary/aromatic N) is 2. The maximum Gasteiger partial charge on any atom is 0.265 e. The van der Waals surface area contributed by atoms with Gasteiger partial charge < -0.3 is 5.32 Å². The van der Waals surface area contributed by atoms with Gasteiger partial charge in [-0.2, -0.15) is 0 Å². The van der Waals surface area contributed by atoms with Crippen LogP contribution in [0, 0.1) is 18.6 Å². The van der Waals surface area contributed by atoms with E-state index in [-0.39, 0.29) is 16.8 Å². The molecule has 3 aromatic carbocycles. The largest absolute Gasteiger partial charge is 0.319 e. The highest BCUT2D eigenvalue weighted by Crippen LogP contribution is 2.18. The first-order valence-electron chi connectivity index (χ1n) is 8.79. The van der Waals surface area contributed by atoms with Crippen LogP contribution in [-0.2, 0) is 0 Å². The third kappa shape index (κ3) is 3.50. The number of carbonyl (C=O) groups excluding carboxylic acids is 1. The molecule has 5 nitrogen and oxygen atoms in total. The molecule has 144 valence electrons. The summed E-state index contributed by atoms with van der Waals surface area (Å²) in [6.07, 6.45) is 0. The molecule has 0 aliphatic carbocycles. The van der Waals surface area contributed by atoms with Crippen molar-refractivity contribution in [3.63, 3.8) is 0 Å². The SMILES string of the molecule is Cc1nc2ccccc2c(=O)n1-c1ccc(C(=O)Nc2cc(F)ccc2F)cc1. The molecular weight excluding hydrogens is 376 g/mol. The lowest BCUT2D eigenvalue weighted by molar-refractivity contribution is 0.102. The van der Waals surface area contributed by atoms with Crippen LogP contribution >= 0.6 is 0 Å². The molecule has 0 radical (unpaired) electrons. The Morgan fingerprint density at radius 2 is 1.72 bits per heavy atom. The van der Waals surface area contributed by atoms with E-state index in [2.05, 4.69) is 10.3 Å². The molecular formula is C22H15F2N3O2. The Balaban J connectivity index is 1.66. The Kier molecular flexibility index (Phi) is 4.64. The van der Waals surface area contributed by atoms with Crippen LogP contribution in [0.1, 0.15) is 16.2 Å². The first-order chi connectivity index (χ1) is 13.9. The number of anilines is 1. The molecule has 1 amide bonds. The maximum absolute atomic E-state index is 13.7. The fourth-order valence-corrected chi connectivity index (χ4v) is 3.10. The molecule has 0 atom stereocenters. The van der Waals surface area contributed by atoms with E-state index < -0.39 is 17.5 Å². The fraction of sp³-hybridized carbons (Fsp3) is 0.0455. The van der Waals surface area contributed by atoms with E-state index >= 15 is 0 Å². The van der Waals surface area contributed by atoms with Gasteiger partial charge in [0, 0.05) is 11.6 Å². The van der Waals surface area contributed by atoms with E-state index in [4.69, 9.17) is 0 Å². The van der Waals surface area contributed by atoms with Gasteiger partial charge in [-0.05, 0) is 55.5 Å². The predicted octanol–water partition coefficient (Wildman–Crippen LogP) is 4.22. The molecule has 29 heavy (non-hydrogen) atoms. The summed E-state index contributed by atoms with van der Waals surface area (Å²) in [5.41, 5.74) is 0.924. The van der Waals surface area contributed by atoms with Crippen molar-refractivity contribution < 1.29 is 13.6 Å². The van der Waals surface area contributed by atoms with Crippen LogP contribution in [0.5, 0.6) is 0 Å². The average Bonchev–Trinajstić information content (AvgIpc) is 2.71. The molecule has 0 spiro atoms. The first kappa shape index (κ1) is 18.5. The van der Waals surface area contributed by atoms with E-state index in [1.165, 1.54) is 16.7 Å². The summed E-state index contributed by atoms with van der Waals surface area (Å²) in [4.78, 5) is 29.6. The number of carbonyl (C=O) groups is 1. The summed E-state index contributed by atoms with van der Waals surface area (Å²) in [6.45, 7) is 1.72. The van der Waals surface area contributed by atoms with Crippen LogP contribution in [0.2, 0.25) is 0 Å². The predicted molar refractivity (Wildman–Crippen MR) is 106 cm³/mol. The highest BCUT2D eigenvalue weighted by molar-refractivity contribution is 6.04. The van der Waals surface area contributed by atoms with E-state index in [1.54, 1.807) is 37.3 Å². The zero-order chi connectivity index (χ0) is 20.5. The zero-order valence-electron chi connectivity index (χ0n) is 15.3. The van der Waals surface area contributed by atoms with Gasteiger partial charge in [0.15, 0.2) is 0 Å². The number of rotatable bonds is 3. The molecule has 4 aromatic rings. The van der Waals surface area contributed by atoms with E-state index in [9.17, 15) is 18.4 Å². The van der Waals surface area contributed by atoms with Crippen molar-refractivity contribution in [1.29, 1.82) is 0 Å². The highest BCUT2D eigenvalue weighted by Gasteiger charge is 2.13. The molecule has 0 bridgehead atoms. The van der Waals surface area contributed by atoms with Crippen LogP contribution in [0.3, 0.4) is 0 Å². The van der Waals surface area contributed by atoms with Crippen LogP contribution < -0.4 is 10.9 Å². The molecule has 4 rings (SSSR count). The minimum atomic E-state index is -0.735. The molecule has 7 heteroatoms. The first-order valence-corrected chi connectivity index (χ1v) is 8.79. The van der Waals surface area contributed by atoms with Gasteiger partial charge >= 0.3 is 0 Å². The summed E-state index contributed by atoms with van der Waals surface area (Å²) in [6, 6.07) is 16.1. The minimum absolute atomic E-state index is 0.216. The summed E-state index contributed by atoms with van der Waals surface area (Å²) in [5.74, 6) is -1.48. The van der Waals surface area contributed by atoms with Gasteiger partial charge in [0.05, 0.1) is 22.3 Å². The Morgan fingerprint density at radius 1 is 1.00 bits per heavy atom. The lowest BCUT2D eigenvalue weighted by atomic mass is 10.1. The average molecular weight is 391 g/mol. The monoisotopic (exact) mass is 391 g/mol. The van der Waals surface area contributed by atoms with Crippen molar-refractivity contribution in [3.8, 4) is 5.69 Å². The van der Waals surface area contributed by atoms with Crippen LogP contribution in [0.4, 0.5) is 14.5 Å².